The quantitative estimate of drug-likeness (QED) is 0.866. The molecule has 1 unspecified atom stereocenters. The molecule has 1 aromatic carbocycles. The standard InChI is InChI=1S/C21H27N3O3/c1-14-5-3-6-15(2)20(14)22-21-17-13-24(11-10-18(17)27-23-21)19(25)9-8-16-7-4-12-26-16/h3,5-6,16H,4,7-13H2,1-2H3,(H,22,23). The van der Waals surface area contributed by atoms with Gasteiger partial charge in [-0.1, -0.05) is 23.4 Å². The van der Waals surface area contributed by atoms with E-state index in [1.807, 2.05) is 11.0 Å². The van der Waals surface area contributed by atoms with Gasteiger partial charge in [0.2, 0.25) is 5.91 Å². The Bertz CT molecular complexity index is 804. The van der Waals surface area contributed by atoms with Gasteiger partial charge in [-0.2, -0.15) is 0 Å². The van der Waals surface area contributed by atoms with Crippen LogP contribution in [0.1, 0.15) is 48.1 Å². The molecule has 1 N–H and O–H groups in total. The maximum absolute atomic E-state index is 12.7. The lowest BCUT2D eigenvalue weighted by molar-refractivity contribution is -0.132. The van der Waals surface area contributed by atoms with E-state index in [0.717, 1.165) is 59.8 Å². The predicted octanol–water partition coefficient (Wildman–Crippen LogP) is 3.88. The highest BCUT2D eigenvalue weighted by Gasteiger charge is 2.28. The average Bonchev–Trinajstić information content (AvgIpc) is 3.32. The van der Waals surface area contributed by atoms with Gasteiger partial charge in [0.05, 0.1) is 18.2 Å². The lowest BCUT2D eigenvalue weighted by atomic mass is 10.1. The fourth-order valence-electron chi connectivity index (χ4n) is 3.96. The predicted molar refractivity (Wildman–Crippen MR) is 103 cm³/mol. The number of rotatable bonds is 5. The van der Waals surface area contributed by atoms with E-state index in [1.165, 1.54) is 0 Å². The lowest BCUT2D eigenvalue weighted by Gasteiger charge is -2.27. The number of hydrogen-bond acceptors (Lipinski definition) is 5. The molecular formula is C21H27N3O3. The van der Waals surface area contributed by atoms with Crippen LogP contribution < -0.4 is 5.32 Å². The average molecular weight is 369 g/mol. The maximum Gasteiger partial charge on any atom is 0.222 e. The van der Waals surface area contributed by atoms with Gasteiger partial charge in [-0.3, -0.25) is 4.79 Å². The van der Waals surface area contributed by atoms with Crippen molar-refractivity contribution < 1.29 is 14.1 Å². The number of nitrogens with zero attached hydrogens (tertiary/aromatic N) is 2. The van der Waals surface area contributed by atoms with E-state index in [1.54, 1.807) is 0 Å². The number of amides is 1. The molecule has 0 radical (unpaired) electrons. The Balaban J connectivity index is 1.44. The van der Waals surface area contributed by atoms with E-state index in [4.69, 9.17) is 9.26 Å². The van der Waals surface area contributed by atoms with Crippen LogP contribution in [0, 0.1) is 13.8 Å². The highest BCUT2D eigenvalue weighted by Crippen LogP contribution is 2.31. The monoisotopic (exact) mass is 369 g/mol. The van der Waals surface area contributed by atoms with Crippen molar-refractivity contribution in [1.82, 2.24) is 10.1 Å². The van der Waals surface area contributed by atoms with E-state index >= 15 is 0 Å². The van der Waals surface area contributed by atoms with Crippen molar-refractivity contribution in [2.75, 3.05) is 18.5 Å². The van der Waals surface area contributed by atoms with Gasteiger partial charge in [0.15, 0.2) is 5.82 Å². The number of aryl methyl sites for hydroxylation is 2. The number of aromatic nitrogens is 1. The van der Waals surface area contributed by atoms with Crippen molar-refractivity contribution >= 4 is 17.4 Å². The zero-order valence-electron chi connectivity index (χ0n) is 16.1. The minimum Gasteiger partial charge on any atom is -0.378 e. The van der Waals surface area contributed by atoms with Crippen LogP contribution in [0.15, 0.2) is 22.7 Å². The summed E-state index contributed by atoms with van der Waals surface area (Å²) in [4.78, 5) is 14.6. The maximum atomic E-state index is 12.7. The van der Waals surface area contributed by atoms with Crippen LogP contribution in [0.25, 0.3) is 0 Å². The highest BCUT2D eigenvalue weighted by molar-refractivity contribution is 5.77. The molecule has 27 heavy (non-hydrogen) atoms. The Hall–Kier alpha value is -2.34. The van der Waals surface area contributed by atoms with Crippen LogP contribution in [0.5, 0.6) is 0 Å². The molecule has 0 bridgehead atoms. The Morgan fingerprint density at radius 1 is 1.33 bits per heavy atom. The van der Waals surface area contributed by atoms with Crippen LogP contribution in [0.2, 0.25) is 0 Å². The molecule has 1 amide bonds. The van der Waals surface area contributed by atoms with Gasteiger partial charge in [0.1, 0.15) is 5.76 Å². The molecule has 3 heterocycles. The molecule has 1 fully saturated rings. The molecule has 4 rings (SSSR count). The van der Waals surface area contributed by atoms with Crippen LogP contribution in [-0.4, -0.2) is 35.2 Å². The third kappa shape index (κ3) is 3.86. The first-order valence-corrected chi connectivity index (χ1v) is 9.82. The summed E-state index contributed by atoms with van der Waals surface area (Å²) in [5.41, 5.74) is 4.36. The van der Waals surface area contributed by atoms with Gasteiger partial charge < -0.3 is 19.5 Å². The molecule has 1 aromatic heterocycles. The second-order valence-electron chi connectivity index (χ2n) is 7.56. The second kappa shape index (κ2) is 7.72. The molecule has 0 spiro atoms. The Labute approximate surface area is 159 Å². The molecule has 144 valence electrons. The van der Waals surface area contributed by atoms with Gasteiger partial charge >= 0.3 is 0 Å². The largest absolute Gasteiger partial charge is 0.378 e. The van der Waals surface area contributed by atoms with Crippen molar-refractivity contribution in [3.8, 4) is 0 Å². The molecular weight excluding hydrogens is 342 g/mol. The van der Waals surface area contributed by atoms with Gasteiger partial charge in [0.25, 0.3) is 0 Å². The topological polar surface area (TPSA) is 67.6 Å². The molecule has 2 aliphatic rings. The first-order chi connectivity index (χ1) is 13.1. The van der Waals surface area contributed by atoms with Crippen LogP contribution in [0.4, 0.5) is 11.5 Å². The number of carbonyl (C=O) groups excluding carboxylic acids is 1. The fourth-order valence-corrected chi connectivity index (χ4v) is 3.96. The van der Waals surface area contributed by atoms with E-state index in [9.17, 15) is 4.79 Å². The number of benzene rings is 1. The smallest absolute Gasteiger partial charge is 0.222 e. The normalized spacial score (nSPS) is 19.2. The number of carbonyl (C=O) groups is 1. The summed E-state index contributed by atoms with van der Waals surface area (Å²) in [6.07, 6.45) is 4.52. The summed E-state index contributed by atoms with van der Waals surface area (Å²) in [5, 5.41) is 7.66. The lowest BCUT2D eigenvalue weighted by Crippen LogP contribution is -2.36. The van der Waals surface area contributed by atoms with Crippen molar-refractivity contribution in [3.63, 3.8) is 0 Å². The van der Waals surface area contributed by atoms with Crippen molar-refractivity contribution in [3.05, 3.63) is 40.6 Å². The van der Waals surface area contributed by atoms with Gasteiger partial charge in [0, 0.05) is 31.7 Å². The van der Waals surface area contributed by atoms with Gasteiger partial charge in [-0.05, 0) is 44.2 Å². The molecule has 1 saturated heterocycles. The summed E-state index contributed by atoms with van der Waals surface area (Å²) >= 11 is 0. The summed E-state index contributed by atoms with van der Waals surface area (Å²) in [6.45, 7) is 6.22. The van der Waals surface area contributed by atoms with E-state index in [-0.39, 0.29) is 12.0 Å². The summed E-state index contributed by atoms with van der Waals surface area (Å²) in [5.74, 6) is 1.79. The molecule has 0 aliphatic carbocycles. The number of para-hydroxylation sites is 1. The number of fused-ring (bicyclic) bond motifs is 1. The third-order valence-corrected chi connectivity index (χ3v) is 5.61. The van der Waals surface area contributed by atoms with Crippen LogP contribution in [0.3, 0.4) is 0 Å². The summed E-state index contributed by atoms with van der Waals surface area (Å²) in [7, 11) is 0. The number of hydrogen-bond donors (Lipinski definition) is 1. The van der Waals surface area contributed by atoms with Gasteiger partial charge in [-0.25, -0.2) is 0 Å². The molecule has 2 aliphatic heterocycles. The van der Waals surface area contributed by atoms with Crippen molar-refractivity contribution in [2.24, 2.45) is 0 Å². The minimum absolute atomic E-state index is 0.190. The number of anilines is 2. The molecule has 2 aromatic rings. The Kier molecular flexibility index (Phi) is 5.16. The number of nitrogens with one attached hydrogen (secondary N) is 1. The van der Waals surface area contributed by atoms with Crippen LogP contribution in [-0.2, 0) is 22.5 Å². The fraction of sp³-hybridized carbons (Fsp3) is 0.524. The number of ether oxygens (including phenoxy) is 1. The molecule has 0 saturated carbocycles. The SMILES string of the molecule is Cc1cccc(C)c1Nc1noc2c1CN(C(=O)CCC1CCCO1)CC2. The second-order valence-corrected chi connectivity index (χ2v) is 7.56. The van der Waals surface area contributed by atoms with Crippen molar-refractivity contribution in [2.45, 2.75) is 58.6 Å². The first kappa shape index (κ1) is 18.0. The molecule has 6 heteroatoms. The minimum atomic E-state index is 0.190. The zero-order valence-corrected chi connectivity index (χ0v) is 16.1. The summed E-state index contributed by atoms with van der Waals surface area (Å²) in [6, 6.07) is 6.19. The summed E-state index contributed by atoms with van der Waals surface area (Å²) < 4.78 is 11.2. The molecule has 6 nitrogen and oxygen atoms in total. The van der Waals surface area contributed by atoms with Gasteiger partial charge in [-0.15, -0.1) is 0 Å². The van der Waals surface area contributed by atoms with E-state index in [0.29, 0.717) is 25.9 Å². The first-order valence-electron chi connectivity index (χ1n) is 9.82. The zero-order chi connectivity index (χ0) is 18.8. The van der Waals surface area contributed by atoms with E-state index in [2.05, 4.69) is 36.5 Å². The van der Waals surface area contributed by atoms with Crippen LogP contribution >= 0.6 is 0 Å². The van der Waals surface area contributed by atoms with E-state index < -0.39 is 0 Å². The molecule has 1 atom stereocenters. The Morgan fingerprint density at radius 2 is 2.15 bits per heavy atom. The highest BCUT2D eigenvalue weighted by atomic mass is 16.5. The third-order valence-electron chi connectivity index (χ3n) is 5.61. The Morgan fingerprint density at radius 3 is 2.89 bits per heavy atom. The van der Waals surface area contributed by atoms with Crippen molar-refractivity contribution in [1.29, 1.82) is 0 Å².